The van der Waals surface area contributed by atoms with Crippen LogP contribution in [0.5, 0.6) is 5.75 Å². The quantitative estimate of drug-likeness (QED) is 0.407. The predicted octanol–water partition coefficient (Wildman–Crippen LogP) is 4.87. The van der Waals surface area contributed by atoms with Gasteiger partial charge in [0, 0.05) is 50.1 Å². The number of anilines is 6. The normalized spacial score (nSPS) is 16.1. The van der Waals surface area contributed by atoms with Gasteiger partial charge in [-0.15, -0.1) is 0 Å². The Balaban J connectivity index is 1.42. The van der Waals surface area contributed by atoms with Crippen LogP contribution in [0.3, 0.4) is 0 Å². The van der Waals surface area contributed by atoms with E-state index in [9.17, 15) is 0 Å². The molecule has 1 spiro atoms. The highest BCUT2D eigenvalue weighted by molar-refractivity contribution is 5.79. The molecular weight excluding hydrogens is 476 g/mol. The molecule has 1 fully saturated rings. The summed E-state index contributed by atoms with van der Waals surface area (Å²) in [6.07, 6.45) is 7.96. The topological polar surface area (TPSA) is 95.7 Å². The van der Waals surface area contributed by atoms with E-state index in [-0.39, 0.29) is 5.41 Å². The summed E-state index contributed by atoms with van der Waals surface area (Å²) in [5.74, 6) is 2.05. The molecule has 38 heavy (non-hydrogen) atoms. The van der Waals surface area contributed by atoms with Gasteiger partial charge in [0.25, 0.3) is 0 Å². The largest absolute Gasteiger partial charge is 0.494 e. The number of fused-ring (bicyclic) bond motifs is 2. The van der Waals surface area contributed by atoms with Crippen LogP contribution in [0.15, 0.2) is 36.5 Å². The molecule has 2 aliphatic rings. The van der Waals surface area contributed by atoms with Gasteiger partial charge in [-0.05, 0) is 58.1 Å². The van der Waals surface area contributed by atoms with E-state index < -0.39 is 0 Å². The number of nitrogens with two attached hydrogens (primary N) is 1. The van der Waals surface area contributed by atoms with Gasteiger partial charge in [-0.25, -0.2) is 4.98 Å². The first-order valence-electron chi connectivity index (χ1n) is 13.5. The first-order chi connectivity index (χ1) is 18.3. The van der Waals surface area contributed by atoms with Crippen LogP contribution in [0.4, 0.5) is 34.5 Å². The molecule has 9 nitrogen and oxygen atoms in total. The Morgan fingerprint density at radius 2 is 1.84 bits per heavy atom. The SMILES string of the molecule is COc1cc(N(C)CCN(C)C)c(N)cc1Nc1nccc(N2CC3(CCCCC3)c3nc(C)ccc32)n1. The van der Waals surface area contributed by atoms with E-state index in [4.69, 9.17) is 20.4 Å². The highest BCUT2D eigenvalue weighted by Crippen LogP contribution is 2.50. The van der Waals surface area contributed by atoms with E-state index in [0.29, 0.717) is 17.4 Å². The minimum absolute atomic E-state index is 0.101. The Hall–Kier alpha value is -3.59. The zero-order valence-electron chi connectivity index (χ0n) is 23.3. The Morgan fingerprint density at radius 3 is 2.58 bits per heavy atom. The Bertz CT molecular complexity index is 1290. The van der Waals surface area contributed by atoms with E-state index in [2.05, 4.69) is 58.2 Å². The van der Waals surface area contributed by atoms with Gasteiger partial charge in [-0.3, -0.25) is 4.98 Å². The summed E-state index contributed by atoms with van der Waals surface area (Å²) in [4.78, 5) is 21.1. The van der Waals surface area contributed by atoms with Crippen molar-refractivity contribution in [2.45, 2.75) is 44.4 Å². The first-order valence-corrected chi connectivity index (χ1v) is 13.5. The van der Waals surface area contributed by atoms with E-state index >= 15 is 0 Å². The van der Waals surface area contributed by atoms with E-state index in [1.54, 1.807) is 13.3 Å². The number of hydrogen-bond donors (Lipinski definition) is 2. The molecule has 0 atom stereocenters. The molecule has 202 valence electrons. The van der Waals surface area contributed by atoms with Gasteiger partial charge in [0.2, 0.25) is 5.95 Å². The van der Waals surface area contributed by atoms with Crippen molar-refractivity contribution in [3.8, 4) is 5.75 Å². The molecule has 1 saturated carbocycles. The molecular formula is C29H40N8O. The summed E-state index contributed by atoms with van der Waals surface area (Å²) < 4.78 is 5.72. The highest BCUT2D eigenvalue weighted by Gasteiger charge is 2.45. The van der Waals surface area contributed by atoms with Crippen molar-refractivity contribution in [1.29, 1.82) is 0 Å². The molecule has 3 aromatic rings. The number of nitrogens with one attached hydrogen (secondary N) is 1. The molecule has 0 radical (unpaired) electrons. The maximum atomic E-state index is 6.47. The molecule has 1 aliphatic heterocycles. The second kappa shape index (κ2) is 10.6. The van der Waals surface area contributed by atoms with Crippen LogP contribution < -0.4 is 25.6 Å². The number of aromatic nitrogens is 3. The van der Waals surface area contributed by atoms with Crippen LogP contribution in [0, 0.1) is 6.92 Å². The van der Waals surface area contributed by atoms with Crippen molar-refractivity contribution in [2.24, 2.45) is 0 Å². The molecule has 0 amide bonds. The van der Waals surface area contributed by atoms with Crippen LogP contribution in [0.25, 0.3) is 0 Å². The molecule has 3 N–H and O–H groups in total. The van der Waals surface area contributed by atoms with Gasteiger partial charge in [0.15, 0.2) is 0 Å². The predicted molar refractivity (Wildman–Crippen MR) is 155 cm³/mol. The lowest BCUT2D eigenvalue weighted by Gasteiger charge is -2.33. The van der Waals surface area contributed by atoms with Crippen LogP contribution in [-0.4, -0.2) is 67.7 Å². The number of ether oxygens (including phenoxy) is 1. The minimum atomic E-state index is 0.101. The number of likely N-dealkylation sites (N-methyl/N-ethyl adjacent to an activating group) is 2. The number of hydrogen-bond acceptors (Lipinski definition) is 9. The molecule has 0 saturated heterocycles. The Labute approximate surface area is 226 Å². The second-order valence-corrected chi connectivity index (χ2v) is 10.9. The fourth-order valence-electron chi connectivity index (χ4n) is 5.78. The lowest BCUT2D eigenvalue weighted by Crippen LogP contribution is -2.34. The number of nitrogens with zero attached hydrogens (tertiary/aromatic N) is 6. The first kappa shape index (κ1) is 26.0. The van der Waals surface area contributed by atoms with Crippen LogP contribution in [-0.2, 0) is 5.41 Å². The zero-order valence-corrected chi connectivity index (χ0v) is 23.3. The van der Waals surface area contributed by atoms with E-state index in [1.165, 1.54) is 37.8 Å². The molecule has 5 rings (SSSR count). The third-order valence-corrected chi connectivity index (χ3v) is 7.88. The van der Waals surface area contributed by atoms with Crippen LogP contribution in [0.1, 0.15) is 43.5 Å². The molecule has 1 aromatic carbocycles. The van der Waals surface area contributed by atoms with Crippen molar-refractivity contribution in [3.05, 3.63) is 47.9 Å². The number of benzene rings is 1. The summed E-state index contributed by atoms with van der Waals surface area (Å²) in [5.41, 5.74) is 12.4. The lowest BCUT2D eigenvalue weighted by atomic mass is 9.73. The summed E-state index contributed by atoms with van der Waals surface area (Å²) >= 11 is 0. The number of aryl methyl sites for hydroxylation is 1. The van der Waals surface area contributed by atoms with Crippen molar-refractivity contribution in [2.75, 3.05) is 68.7 Å². The molecule has 0 unspecified atom stereocenters. The number of nitrogen functional groups attached to an aromatic ring is 1. The van der Waals surface area contributed by atoms with Crippen molar-refractivity contribution >= 4 is 34.5 Å². The van der Waals surface area contributed by atoms with Crippen molar-refractivity contribution in [1.82, 2.24) is 19.9 Å². The monoisotopic (exact) mass is 516 g/mol. The average molecular weight is 517 g/mol. The average Bonchev–Trinajstić information content (AvgIpc) is 3.20. The molecule has 3 heterocycles. The lowest BCUT2D eigenvalue weighted by molar-refractivity contribution is 0.307. The van der Waals surface area contributed by atoms with Gasteiger partial charge < -0.3 is 30.5 Å². The van der Waals surface area contributed by atoms with Gasteiger partial charge in [0.05, 0.1) is 35.6 Å². The van der Waals surface area contributed by atoms with Crippen molar-refractivity contribution in [3.63, 3.8) is 0 Å². The summed E-state index contributed by atoms with van der Waals surface area (Å²) in [7, 11) is 7.83. The smallest absolute Gasteiger partial charge is 0.229 e. The zero-order chi connectivity index (χ0) is 26.9. The Kier molecular flexibility index (Phi) is 7.29. The summed E-state index contributed by atoms with van der Waals surface area (Å²) in [6.45, 7) is 4.76. The van der Waals surface area contributed by atoms with Crippen molar-refractivity contribution < 1.29 is 4.74 Å². The molecule has 1 aliphatic carbocycles. The fourth-order valence-corrected chi connectivity index (χ4v) is 5.78. The maximum absolute atomic E-state index is 6.47. The molecule has 9 heteroatoms. The highest BCUT2D eigenvalue weighted by atomic mass is 16.5. The fraction of sp³-hybridized carbons (Fsp3) is 0.483. The van der Waals surface area contributed by atoms with Gasteiger partial charge in [0.1, 0.15) is 11.6 Å². The third-order valence-electron chi connectivity index (χ3n) is 7.88. The molecule has 0 bridgehead atoms. The van der Waals surface area contributed by atoms with E-state index in [0.717, 1.165) is 48.2 Å². The van der Waals surface area contributed by atoms with Crippen LogP contribution in [0.2, 0.25) is 0 Å². The molecule has 2 aromatic heterocycles. The van der Waals surface area contributed by atoms with Crippen LogP contribution >= 0.6 is 0 Å². The van der Waals surface area contributed by atoms with Gasteiger partial charge in [-0.2, -0.15) is 4.98 Å². The minimum Gasteiger partial charge on any atom is -0.494 e. The maximum Gasteiger partial charge on any atom is 0.229 e. The van der Waals surface area contributed by atoms with Gasteiger partial charge in [-0.1, -0.05) is 19.3 Å². The number of pyridine rings is 1. The third kappa shape index (κ3) is 5.07. The standard InChI is InChI=1S/C29H40N8O/c1-20-9-10-23-27(32-20)29(12-7-6-8-13-29)19-37(23)26-11-14-31-28(34-26)33-22-17-21(30)24(18-25(22)38-5)36(4)16-15-35(2)3/h9-11,14,17-18H,6-8,12-13,15-16,19,30H2,1-5H3,(H,31,33,34). The second-order valence-electron chi connectivity index (χ2n) is 10.9. The van der Waals surface area contributed by atoms with E-state index in [1.807, 2.05) is 25.2 Å². The summed E-state index contributed by atoms with van der Waals surface area (Å²) in [5, 5.41) is 3.35. The van der Waals surface area contributed by atoms with Gasteiger partial charge >= 0.3 is 0 Å². The number of methoxy groups -OCH3 is 1. The Morgan fingerprint density at radius 1 is 1.05 bits per heavy atom. The summed E-state index contributed by atoms with van der Waals surface area (Å²) in [6, 6.07) is 10.1. The number of rotatable bonds is 8.